The summed E-state index contributed by atoms with van der Waals surface area (Å²) < 4.78 is 19.4. The fourth-order valence-electron chi connectivity index (χ4n) is 3.53. The van der Waals surface area contributed by atoms with Gasteiger partial charge in [-0.05, 0) is 58.7 Å². The lowest BCUT2D eigenvalue weighted by molar-refractivity contribution is -0.127. The van der Waals surface area contributed by atoms with E-state index in [-0.39, 0.29) is 11.7 Å². The predicted octanol–water partition coefficient (Wildman–Crippen LogP) is 3.81. The second kappa shape index (κ2) is 10.9. The van der Waals surface area contributed by atoms with E-state index in [1.807, 2.05) is 12.1 Å². The first-order valence-electron chi connectivity index (χ1n) is 10.4. The van der Waals surface area contributed by atoms with E-state index in [9.17, 15) is 9.18 Å². The maximum absolute atomic E-state index is 13.2. The number of piperazine rings is 1. The van der Waals surface area contributed by atoms with Crippen LogP contribution in [0.3, 0.4) is 0 Å². The molecule has 1 unspecified atom stereocenters. The molecule has 7 heteroatoms. The van der Waals surface area contributed by atoms with Crippen molar-refractivity contribution in [3.63, 3.8) is 0 Å². The molecule has 0 spiro atoms. The molecule has 0 radical (unpaired) electrons. The van der Waals surface area contributed by atoms with Crippen LogP contribution >= 0.6 is 15.9 Å². The number of rotatable bonds is 8. The second-order valence-corrected chi connectivity index (χ2v) is 8.39. The van der Waals surface area contributed by atoms with Crippen molar-refractivity contribution in [2.45, 2.75) is 33.0 Å². The number of hydrogen-bond donors (Lipinski definition) is 1. The average molecular weight is 478 g/mol. The molecule has 0 aromatic heterocycles. The minimum absolute atomic E-state index is 0.211. The first-order chi connectivity index (χ1) is 14.5. The number of carbonyl (C=O) groups excluding carboxylic acids is 1. The Hall–Kier alpha value is -1.96. The van der Waals surface area contributed by atoms with Gasteiger partial charge >= 0.3 is 0 Å². The van der Waals surface area contributed by atoms with Gasteiger partial charge in [0.2, 0.25) is 0 Å². The Morgan fingerprint density at radius 2 is 1.80 bits per heavy atom. The van der Waals surface area contributed by atoms with E-state index in [0.29, 0.717) is 16.8 Å². The summed E-state index contributed by atoms with van der Waals surface area (Å²) in [4.78, 5) is 17.5. The molecule has 1 aliphatic heterocycles. The third kappa shape index (κ3) is 6.27. The van der Waals surface area contributed by atoms with Crippen LogP contribution in [0.4, 0.5) is 4.39 Å². The molecule has 5 nitrogen and oxygen atoms in total. The summed E-state index contributed by atoms with van der Waals surface area (Å²) in [7, 11) is 0. The zero-order valence-corrected chi connectivity index (χ0v) is 19.1. The lowest BCUT2D eigenvalue weighted by Gasteiger charge is -2.34. The molecule has 1 fully saturated rings. The molecule has 0 saturated carbocycles. The molecule has 162 valence electrons. The first kappa shape index (κ1) is 22.7. The van der Waals surface area contributed by atoms with Crippen molar-refractivity contribution in [3.8, 4) is 5.75 Å². The van der Waals surface area contributed by atoms with Gasteiger partial charge in [0.15, 0.2) is 6.10 Å². The van der Waals surface area contributed by atoms with E-state index in [1.165, 1.54) is 23.8 Å². The van der Waals surface area contributed by atoms with Crippen LogP contribution in [0.5, 0.6) is 5.75 Å². The van der Waals surface area contributed by atoms with E-state index in [1.54, 1.807) is 6.92 Å². The van der Waals surface area contributed by atoms with E-state index >= 15 is 0 Å². The zero-order chi connectivity index (χ0) is 21.5. The van der Waals surface area contributed by atoms with E-state index < -0.39 is 6.10 Å². The molecule has 30 heavy (non-hydrogen) atoms. The second-order valence-electron chi connectivity index (χ2n) is 7.53. The predicted molar refractivity (Wildman–Crippen MR) is 120 cm³/mol. The summed E-state index contributed by atoms with van der Waals surface area (Å²) in [5, 5.41) is 2.96. The van der Waals surface area contributed by atoms with E-state index in [0.717, 1.165) is 44.8 Å². The number of hydrogen-bond acceptors (Lipinski definition) is 4. The highest BCUT2D eigenvalue weighted by atomic mass is 79.9. The number of nitrogens with zero attached hydrogens (tertiary/aromatic N) is 2. The van der Waals surface area contributed by atoms with Gasteiger partial charge in [0.05, 0.1) is 4.47 Å². The van der Waals surface area contributed by atoms with Crippen molar-refractivity contribution in [2.75, 3.05) is 32.7 Å². The van der Waals surface area contributed by atoms with Gasteiger partial charge in [-0.3, -0.25) is 9.69 Å². The van der Waals surface area contributed by atoms with Crippen LogP contribution in [0, 0.1) is 5.82 Å². The molecule has 0 bridgehead atoms. The van der Waals surface area contributed by atoms with Crippen LogP contribution < -0.4 is 10.1 Å². The normalized spacial score (nSPS) is 16.3. The molecule has 1 heterocycles. The molecule has 0 aliphatic carbocycles. The van der Waals surface area contributed by atoms with Crippen LogP contribution in [0.2, 0.25) is 0 Å². The standard InChI is InChI=1S/C23H29BrFN3O2/c1-3-27-10-12-28(13-11-27)16-19-7-5-4-6-18(19)15-26-23(29)17(2)30-22-9-8-20(25)14-21(22)24/h4-9,14,17H,3,10-13,15-16H2,1-2H3,(H,26,29). The van der Waals surface area contributed by atoms with Crippen molar-refractivity contribution < 1.29 is 13.9 Å². The van der Waals surface area contributed by atoms with Gasteiger partial charge in [-0.2, -0.15) is 0 Å². The SMILES string of the molecule is CCN1CCN(Cc2ccccc2CNC(=O)C(C)Oc2ccc(F)cc2Br)CC1. The summed E-state index contributed by atoms with van der Waals surface area (Å²) in [6, 6.07) is 12.4. The molecule has 1 atom stereocenters. The van der Waals surface area contributed by atoms with Crippen LogP contribution in [0.15, 0.2) is 46.9 Å². The fourth-order valence-corrected chi connectivity index (χ4v) is 3.97. The summed E-state index contributed by atoms with van der Waals surface area (Å²) in [5.74, 6) is -0.137. The third-order valence-electron chi connectivity index (χ3n) is 5.44. The maximum atomic E-state index is 13.2. The molecule has 1 saturated heterocycles. The Morgan fingerprint density at radius 1 is 1.13 bits per heavy atom. The van der Waals surface area contributed by atoms with Crippen LogP contribution in [-0.4, -0.2) is 54.5 Å². The quantitative estimate of drug-likeness (QED) is 0.627. The van der Waals surface area contributed by atoms with Crippen molar-refractivity contribution in [1.29, 1.82) is 0 Å². The summed E-state index contributed by atoms with van der Waals surface area (Å²) in [6.07, 6.45) is -0.693. The van der Waals surface area contributed by atoms with Crippen molar-refractivity contribution in [2.24, 2.45) is 0 Å². The Bertz CT molecular complexity index is 856. The minimum atomic E-state index is -0.693. The number of benzene rings is 2. The first-order valence-corrected chi connectivity index (χ1v) is 11.2. The number of likely N-dealkylation sites (N-methyl/N-ethyl adjacent to an activating group) is 1. The molecular formula is C23H29BrFN3O2. The Labute approximate surface area is 186 Å². The smallest absolute Gasteiger partial charge is 0.261 e. The lowest BCUT2D eigenvalue weighted by Crippen LogP contribution is -2.45. The van der Waals surface area contributed by atoms with Gasteiger partial charge in [0, 0.05) is 39.3 Å². The van der Waals surface area contributed by atoms with Crippen molar-refractivity contribution in [3.05, 3.63) is 63.9 Å². The molecular weight excluding hydrogens is 449 g/mol. The summed E-state index contributed by atoms with van der Waals surface area (Å²) in [6.45, 7) is 10.6. The molecule has 2 aromatic rings. The molecule has 2 aromatic carbocycles. The van der Waals surface area contributed by atoms with Crippen molar-refractivity contribution >= 4 is 21.8 Å². The number of amides is 1. The zero-order valence-electron chi connectivity index (χ0n) is 17.5. The van der Waals surface area contributed by atoms with Gasteiger partial charge in [0.1, 0.15) is 11.6 Å². The number of ether oxygens (including phenoxy) is 1. The van der Waals surface area contributed by atoms with Gasteiger partial charge in [-0.15, -0.1) is 0 Å². The molecule has 1 aliphatic rings. The number of nitrogens with one attached hydrogen (secondary N) is 1. The van der Waals surface area contributed by atoms with Gasteiger partial charge in [-0.25, -0.2) is 4.39 Å². The fraction of sp³-hybridized carbons (Fsp3) is 0.435. The highest BCUT2D eigenvalue weighted by molar-refractivity contribution is 9.10. The van der Waals surface area contributed by atoms with Crippen molar-refractivity contribution in [1.82, 2.24) is 15.1 Å². The largest absolute Gasteiger partial charge is 0.480 e. The lowest BCUT2D eigenvalue weighted by atomic mass is 10.1. The molecule has 1 N–H and O–H groups in total. The van der Waals surface area contributed by atoms with Gasteiger partial charge in [-0.1, -0.05) is 31.2 Å². The Balaban J connectivity index is 1.54. The van der Waals surface area contributed by atoms with Crippen LogP contribution in [0.25, 0.3) is 0 Å². The number of carbonyl (C=O) groups is 1. The summed E-state index contributed by atoms with van der Waals surface area (Å²) >= 11 is 3.26. The Morgan fingerprint density at radius 3 is 2.47 bits per heavy atom. The monoisotopic (exact) mass is 477 g/mol. The minimum Gasteiger partial charge on any atom is -0.480 e. The van der Waals surface area contributed by atoms with E-state index in [2.05, 4.69) is 50.1 Å². The van der Waals surface area contributed by atoms with E-state index in [4.69, 9.17) is 4.74 Å². The van der Waals surface area contributed by atoms with Gasteiger partial charge < -0.3 is 15.0 Å². The molecule has 3 rings (SSSR count). The van der Waals surface area contributed by atoms with Gasteiger partial charge in [0.25, 0.3) is 5.91 Å². The van der Waals surface area contributed by atoms with Crippen LogP contribution in [-0.2, 0) is 17.9 Å². The summed E-state index contributed by atoms with van der Waals surface area (Å²) in [5.41, 5.74) is 2.34. The highest BCUT2D eigenvalue weighted by Gasteiger charge is 2.18. The number of halogens is 2. The Kier molecular flexibility index (Phi) is 8.24. The third-order valence-corrected chi connectivity index (χ3v) is 6.06. The molecule has 1 amide bonds. The van der Waals surface area contributed by atoms with Crippen LogP contribution in [0.1, 0.15) is 25.0 Å². The average Bonchev–Trinajstić information content (AvgIpc) is 2.75. The maximum Gasteiger partial charge on any atom is 0.261 e. The highest BCUT2D eigenvalue weighted by Crippen LogP contribution is 2.26. The topological polar surface area (TPSA) is 44.8 Å².